The lowest BCUT2D eigenvalue weighted by molar-refractivity contribution is 0.327. The Morgan fingerprint density at radius 2 is 2.00 bits per heavy atom. The van der Waals surface area contributed by atoms with E-state index in [9.17, 15) is 0 Å². The molecule has 0 aliphatic heterocycles. The molecule has 2 nitrogen and oxygen atoms in total. The van der Waals surface area contributed by atoms with E-state index in [-0.39, 0.29) is 0 Å². The topological polar surface area (TPSA) is 21.3 Å². The fourth-order valence-corrected chi connectivity index (χ4v) is 3.54. The summed E-state index contributed by atoms with van der Waals surface area (Å²) in [6.45, 7) is 8.16. The van der Waals surface area contributed by atoms with E-state index in [1.54, 1.807) is 0 Å². The number of hydrogen-bond acceptors (Lipinski definition) is 2. The van der Waals surface area contributed by atoms with E-state index < -0.39 is 0 Å². The number of aryl methyl sites for hydroxylation is 1. The first-order chi connectivity index (χ1) is 10.2. The molecule has 1 atom stereocenters. The van der Waals surface area contributed by atoms with E-state index in [0.29, 0.717) is 6.04 Å². The van der Waals surface area contributed by atoms with E-state index in [2.05, 4.69) is 44.3 Å². The summed E-state index contributed by atoms with van der Waals surface area (Å²) >= 11 is 0. The second kappa shape index (κ2) is 8.43. The summed E-state index contributed by atoms with van der Waals surface area (Å²) in [7, 11) is 0. The Hall–Kier alpha value is -1.02. The van der Waals surface area contributed by atoms with E-state index in [4.69, 9.17) is 4.74 Å². The van der Waals surface area contributed by atoms with Crippen LogP contribution in [0.3, 0.4) is 0 Å². The summed E-state index contributed by atoms with van der Waals surface area (Å²) in [5, 5.41) is 3.67. The molecule has 0 saturated heterocycles. The van der Waals surface area contributed by atoms with Crippen LogP contribution >= 0.6 is 0 Å². The molecule has 1 aliphatic rings. The molecule has 118 valence electrons. The standard InChI is InChI=1S/C19H31NO/c1-4-20-18(12-11-16-8-6-7-9-16)17-14-15(3)10-13-19(17)21-5-2/h10,13-14,16,18,20H,4-9,11-12H2,1-3H3. The van der Waals surface area contributed by atoms with Crippen molar-refractivity contribution in [3.05, 3.63) is 29.3 Å². The Morgan fingerprint density at radius 1 is 1.24 bits per heavy atom. The van der Waals surface area contributed by atoms with Gasteiger partial charge in [0.25, 0.3) is 0 Å². The van der Waals surface area contributed by atoms with Gasteiger partial charge in [0.15, 0.2) is 0 Å². The predicted molar refractivity (Wildman–Crippen MR) is 90.0 cm³/mol. The maximum atomic E-state index is 5.85. The maximum absolute atomic E-state index is 5.85. The summed E-state index contributed by atoms with van der Waals surface area (Å²) in [6.07, 6.45) is 8.31. The largest absolute Gasteiger partial charge is 0.494 e. The third-order valence-corrected chi connectivity index (χ3v) is 4.63. The molecule has 1 aromatic carbocycles. The van der Waals surface area contributed by atoms with Gasteiger partial charge in [-0.1, -0.05) is 50.3 Å². The van der Waals surface area contributed by atoms with Crippen molar-refractivity contribution in [2.24, 2.45) is 5.92 Å². The lowest BCUT2D eigenvalue weighted by Gasteiger charge is -2.23. The summed E-state index contributed by atoms with van der Waals surface area (Å²) in [4.78, 5) is 0. The molecule has 1 aromatic rings. The monoisotopic (exact) mass is 289 g/mol. The number of hydrogen-bond donors (Lipinski definition) is 1. The Labute approximate surface area is 130 Å². The molecule has 0 radical (unpaired) electrons. The molecule has 0 aromatic heterocycles. The predicted octanol–water partition coefficient (Wildman–Crippen LogP) is 5.01. The van der Waals surface area contributed by atoms with E-state index in [0.717, 1.165) is 24.8 Å². The van der Waals surface area contributed by atoms with E-state index in [1.165, 1.54) is 49.7 Å². The van der Waals surface area contributed by atoms with Crippen LogP contribution in [0.5, 0.6) is 5.75 Å². The fraction of sp³-hybridized carbons (Fsp3) is 0.684. The fourth-order valence-electron chi connectivity index (χ4n) is 3.54. The highest BCUT2D eigenvalue weighted by molar-refractivity contribution is 5.39. The van der Waals surface area contributed by atoms with Crippen LogP contribution < -0.4 is 10.1 Å². The highest BCUT2D eigenvalue weighted by Gasteiger charge is 2.20. The quantitative estimate of drug-likeness (QED) is 0.726. The van der Waals surface area contributed by atoms with Crippen LogP contribution in [0, 0.1) is 12.8 Å². The molecule has 2 rings (SSSR count). The van der Waals surface area contributed by atoms with Crippen molar-refractivity contribution in [2.45, 2.75) is 65.3 Å². The minimum absolute atomic E-state index is 0.428. The molecule has 0 heterocycles. The Morgan fingerprint density at radius 3 is 2.67 bits per heavy atom. The van der Waals surface area contributed by atoms with Gasteiger partial charge in [-0.15, -0.1) is 0 Å². The summed E-state index contributed by atoms with van der Waals surface area (Å²) in [6, 6.07) is 7.01. The zero-order valence-electron chi connectivity index (χ0n) is 14.0. The molecule has 0 bridgehead atoms. The molecule has 1 aliphatic carbocycles. The summed E-state index contributed by atoms with van der Waals surface area (Å²) in [5.74, 6) is 2.01. The second-order valence-corrected chi connectivity index (χ2v) is 6.31. The molecule has 0 amide bonds. The molecule has 0 spiro atoms. The van der Waals surface area contributed by atoms with Crippen LogP contribution in [-0.4, -0.2) is 13.2 Å². The van der Waals surface area contributed by atoms with Gasteiger partial charge in [0.05, 0.1) is 6.61 Å². The van der Waals surface area contributed by atoms with Crippen LogP contribution in [0.2, 0.25) is 0 Å². The first kappa shape index (κ1) is 16.4. The van der Waals surface area contributed by atoms with Gasteiger partial charge in [0.1, 0.15) is 5.75 Å². The van der Waals surface area contributed by atoms with Crippen molar-refractivity contribution >= 4 is 0 Å². The molecule has 21 heavy (non-hydrogen) atoms. The smallest absolute Gasteiger partial charge is 0.124 e. The van der Waals surface area contributed by atoms with Crippen molar-refractivity contribution in [3.63, 3.8) is 0 Å². The first-order valence-corrected chi connectivity index (χ1v) is 8.71. The van der Waals surface area contributed by atoms with Gasteiger partial charge in [-0.25, -0.2) is 0 Å². The van der Waals surface area contributed by atoms with Crippen LogP contribution in [-0.2, 0) is 0 Å². The van der Waals surface area contributed by atoms with Gasteiger partial charge in [0.2, 0.25) is 0 Å². The summed E-state index contributed by atoms with van der Waals surface area (Å²) in [5.41, 5.74) is 2.66. The van der Waals surface area contributed by atoms with Crippen molar-refractivity contribution in [1.82, 2.24) is 5.32 Å². The lowest BCUT2D eigenvalue weighted by atomic mass is 9.93. The third kappa shape index (κ3) is 4.74. The van der Waals surface area contributed by atoms with E-state index >= 15 is 0 Å². The highest BCUT2D eigenvalue weighted by Crippen LogP contribution is 2.34. The van der Waals surface area contributed by atoms with Crippen LogP contribution in [0.4, 0.5) is 0 Å². The number of rotatable bonds is 8. The SMILES string of the molecule is CCNC(CCC1CCCC1)c1cc(C)ccc1OCC. The van der Waals surface area contributed by atoms with Crippen LogP contribution in [0.15, 0.2) is 18.2 Å². The number of ether oxygens (including phenoxy) is 1. The zero-order chi connectivity index (χ0) is 15.1. The van der Waals surface area contributed by atoms with Crippen molar-refractivity contribution in [2.75, 3.05) is 13.2 Å². The normalized spacial score (nSPS) is 17.1. The van der Waals surface area contributed by atoms with Gasteiger partial charge in [-0.05, 0) is 45.2 Å². The minimum atomic E-state index is 0.428. The maximum Gasteiger partial charge on any atom is 0.124 e. The van der Waals surface area contributed by atoms with Gasteiger partial charge in [-0.2, -0.15) is 0 Å². The third-order valence-electron chi connectivity index (χ3n) is 4.63. The molecule has 1 unspecified atom stereocenters. The average molecular weight is 289 g/mol. The van der Waals surface area contributed by atoms with Crippen molar-refractivity contribution < 1.29 is 4.74 Å². The van der Waals surface area contributed by atoms with Crippen molar-refractivity contribution in [1.29, 1.82) is 0 Å². The molecule has 2 heteroatoms. The van der Waals surface area contributed by atoms with Gasteiger partial charge in [-0.3, -0.25) is 0 Å². The Balaban J connectivity index is 2.09. The van der Waals surface area contributed by atoms with Crippen LogP contribution in [0.25, 0.3) is 0 Å². The van der Waals surface area contributed by atoms with Crippen molar-refractivity contribution in [3.8, 4) is 5.75 Å². The summed E-state index contributed by atoms with van der Waals surface area (Å²) < 4.78 is 5.85. The first-order valence-electron chi connectivity index (χ1n) is 8.71. The zero-order valence-corrected chi connectivity index (χ0v) is 14.0. The Kier molecular flexibility index (Phi) is 6.56. The van der Waals surface area contributed by atoms with Gasteiger partial charge >= 0.3 is 0 Å². The molecular formula is C19H31NO. The van der Waals surface area contributed by atoms with Crippen LogP contribution in [0.1, 0.15) is 69.5 Å². The minimum Gasteiger partial charge on any atom is -0.494 e. The lowest BCUT2D eigenvalue weighted by Crippen LogP contribution is -2.22. The molecule has 1 N–H and O–H groups in total. The number of nitrogens with one attached hydrogen (secondary N) is 1. The van der Waals surface area contributed by atoms with Gasteiger partial charge in [0, 0.05) is 11.6 Å². The highest BCUT2D eigenvalue weighted by atomic mass is 16.5. The average Bonchev–Trinajstić information content (AvgIpc) is 2.99. The molecule has 1 saturated carbocycles. The number of benzene rings is 1. The molecule has 1 fully saturated rings. The second-order valence-electron chi connectivity index (χ2n) is 6.31. The molecular weight excluding hydrogens is 258 g/mol. The Bertz CT molecular complexity index is 424. The van der Waals surface area contributed by atoms with E-state index in [1.807, 2.05) is 0 Å². The van der Waals surface area contributed by atoms with Gasteiger partial charge < -0.3 is 10.1 Å².